The number of aromatic nitrogens is 3. The van der Waals surface area contributed by atoms with Crippen molar-refractivity contribution in [1.29, 1.82) is 5.26 Å². The van der Waals surface area contributed by atoms with Gasteiger partial charge in [-0.2, -0.15) is 5.26 Å². The fourth-order valence-electron chi connectivity index (χ4n) is 1.00. The van der Waals surface area contributed by atoms with Crippen LogP contribution in [0.25, 0.3) is 0 Å². The van der Waals surface area contributed by atoms with Gasteiger partial charge in [-0.1, -0.05) is 5.21 Å². The van der Waals surface area contributed by atoms with Crippen molar-refractivity contribution < 1.29 is 14.3 Å². The normalized spacial score (nSPS) is 12.0. The van der Waals surface area contributed by atoms with Gasteiger partial charge in [0.25, 0.3) is 0 Å². The summed E-state index contributed by atoms with van der Waals surface area (Å²) in [5.41, 5.74) is -0.220. The molecule has 1 atom stereocenters. The Morgan fingerprint density at radius 1 is 1.80 bits per heavy atom. The third-order valence-electron chi connectivity index (χ3n) is 1.71. The Hall–Kier alpha value is -1.97. The van der Waals surface area contributed by atoms with Crippen LogP contribution in [-0.4, -0.2) is 32.2 Å². The largest absolute Gasteiger partial charge is 0.476 e. The summed E-state index contributed by atoms with van der Waals surface area (Å²) >= 11 is 0. The number of carboxylic acid groups (broad SMARTS) is 1. The first kappa shape index (κ1) is 11.1. The van der Waals surface area contributed by atoms with Crippen molar-refractivity contribution in [2.24, 2.45) is 0 Å². The molecule has 1 aromatic rings. The van der Waals surface area contributed by atoms with E-state index < -0.39 is 12.1 Å². The lowest BCUT2D eigenvalue weighted by Crippen LogP contribution is -2.11. The molecule has 1 aromatic heterocycles. The Morgan fingerprint density at radius 3 is 3.07 bits per heavy atom. The maximum Gasteiger partial charge on any atom is 0.358 e. The summed E-state index contributed by atoms with van der Waals surface area (Å²) in [6.07, 6.45) is 0.176. The fraction of sp³-hybridized carbons (Fsp3) is 0.500. The summed E-state index contributed by atoms with van der Waals surface area (Å²) in [5.74, 6) is -1.20. The smallest absolute Gasteiger partial charge is 0.358 e. The lowest BCUT2D eigenvalue weighted by molar-refractivity contribution is 0.0690. The molecule has 0 bridgehead atoms. The highest BCUT2D eigenvalue weighted by atomic mass is 19.1. The molecular formula is C8H9FN4O2. The second kappa shape index (κ2) is 5.05. The second-order valence-corrected chi connectivity index (χ2v) is 2.93. The molecule has 80 valence electrons. The van der Waals surface area contributed by atoms with E-state index in [-0.39, 0.29) is 25.1 Å². The van der Waals surface area contributed by atoms with Gasteiger partial charge in [0, 0.05) is 6.42 Å². The number of hydrogen-bond donors (Lipinski definition) is 1. The zero-order valence-corrected chi connectivity index (χ0v) is 7.80. The van der Waals surface area contributed by atoms with E-state index >= 15 is 0 Å². The molecule has 1 heterocycles. The molecule has 0 fully saturated rings. The first-order chi connectivity index (χ1) is 7.13. The van der Waals surface area contributed by atoms with E-state index in [0.29, 0.717) is 0 Å². The van der Waals surface area contributed by atoms with Gasteiger partial charge in [0.05, 0.1) is 18.8 Å². The van der Waals surface area contributed by atoms with Crippen LogP contribution in [0.15, 0.2) is 6.20 Å². The molecule has 0 spiro atoms. The van der Waals surface area contributed by atoms with Gasteiger partial charge in [-0.15, -0.1) is 5.10 Å². The van der Waals surface area contributed by atoms with Crippen LogP contribution in [0.4, 0.5) is 4.39 Å². The summed E-state index contributed by atoms with van der Waals surface area (Å²) in [6.45, 7) is -0.0814. The van der Waals surface area contributed by atoms with Crippen LogP contribution in [0.5, 0.6) is 0 Å². The molecule has 15 heavy (non-hydrogen) atoms. The molecule has 0 saturated heterocycles. The van der Waals surface area contributed by atoms with Crippen LogP contribution in [0.2, 0.25) is 0 Å². The quantitative estimate of drug-likeness (QED) is 0.772. The SMILES string of the molecule is N#CCC[C@@H](F)Cn1cc(C(=O)O)nn1. The molecule has 1 N–H and O–H groups in total. The second-order valence-electron chi connectivity index (χ2n) is 2.93. The Labute approximate surface area is 84.9 Å². The molecule has 7 heteroatoms. The van der Waals surface area contributed by atoms with Crippen molar-refractivity contribution >= 4 is 5.97 Å². The van der Waals surface area contributed by atoms with Gasteiger partial charge in [0.1, 0.15) is 6.17 Å². The summed E-state index contributed by atoms with van der Waals surface area (Å²) in [5, 5.41) is 23.5. The van der Waals surface area contributed by atoms with Crippen LogP contribution >= 0.6 is 0 Å². The van der Waals surface area contributed by atoms with E-state index in [1.54, 1.807) is 0 Å². The Bertz CT molecular complexity index is 384. The van der Waals surface area contributed by atoms with Crippen molar-refractivity contribution in [2.45, 2.75) is 25.6 Å². The van der Waals surface area contributed by atoms with Gasteiger partial charge in [-0.05, 0) is 6.42 Å². The maximum absolute atomic E-state index is 13.1. The molecular weight excluding hydrogens is 203 g/mol. The lowest BCUT2D eigenvalue weighted by Gasteiger charge is -2.03. The standard InChI is InChI=1S/C8H9FN4O2/c9-6(2-1-3-10)4-13-5-7(8(14)15)11-12-13/h5-6H,1-2,4H2,(H,14,15)/t6-/m1/s1. The predicted molar refractivity (Wildman–Crippen MR) is 46.7 cm³/mol. The highest BCUT2D eigenvalue weighted by Gasteiger charge is 2.12. The van der Waals surface area contributed by atoms with Gasteiger partial charge in [0.2, 0.25) is 0 Å². The molecule has 0 unspecified atom stereocenters. The summed E-state index contributed by atoms with van der Waals surface area (Å²) in [6, 6.07) is 1.83. The van der Waals surface area contributed by atoms with Crippen molar-refractivity contribution in [1.82, 2.24) is 15.0 Å². The van der Waals surface area contributed by atoms with Gasteiger partial charge in [-0.3, -0.25) is 0 Å². The average molecular weight is 212 g/mol. The number of carbonyl (C=O) groups is 1. The Morgan fingerprint density at radius 2 is 2.53 bits per heavy atom. The number of aromatic carboxylic acids is 1. The number of nitrogens with zero attached hydrogens (tertiary/aromatic N) is 4. The predicted octanol–water partition coefficient (Wildman–Crippen LogP) is 0.618. The van der Waals surface area contributed by atoms with Gasteiger partial charge in [-0.25, -0.2) is 13.9 Å². The molecule has 0 aliphatic carbocycles. The number of rotatable bonds is 5. The molecule has 6 nitrogen and oxygen atoms in total. The molecule has 0 aliphatic rings. The van der Waals surface area contributed by atoms with Crippen LogP contribution in [0, 0.1) is 11.3 Å². The molecule has 0 saturated carbocycles. The maximum atomic E-state index is 13.1. The first-order valence-electron chi connectivity index (χ1n) is 4.28. The minimum absolute atomic E-state index is 0.0814. The van der Waals surface area contributed by atoms with Crippen molar-refractivity contribution in [3.8, 4) is 6.07 Å². The van der Waals surface area contributed by atoms with Gasteiger partial charge in [0.15, 0.2) is 5.69 Å². The van der Waals surface area contributed by atoms with Gasteiger partial charge < -0.3 is 5.11 Å². The van der Waals surface area contributed by atoms with E-state index in [1.165, 1.54) is 0 Å². The van der Waals surface area contributed by atoms with E-state index in [2.05, 4.69) is 10.3 Å². The highest BCUT2D eigenvalue weighted by Crippen LogP contribution is 2.04. The van der Waals surface area contributed by atoms with E-state index in [0.717, 1.165) is 10.9 Å². The van der Waals surface area contributed by atoms with E-state index in [9.17, 15) is 9.18 Å². The molecule has 1 rings (SSSR count). The summed E-state index contributed by atoms with van der Waals surface area (Å²) in [7, 11) is 0. The van der Waals surface area contributed by atoms with E-state index in [4.69, 9.17) is 10.4 Å². The van der Waals surface area contributed by atoms with Crippen molar-refractivity contribution in [2.75, 3.05) is 0 Å². The average Bonchev–Trinajstić information content (AvgIpc) is 2.63. The number of carboxylic acids is 1. The third-order valence-corrected chi connectivity index (χ3v) is 1.71. The van der Waals surface area contributed by atoms with Crippen molar-refractivity contribution in [3.63, 3.8) is 0 Å². The first-order valence-corrected chi connectivity index (χ1v) is 4.28. The number of nitriles is 1. The number of hydrogen-bond acceptors (Lipinski definition) is 4. The topological polar surface area (TPSA) is 91.8 Å². The Kier molecular flexibility index (Phi) is 3.74. The monoisotopic (exact) mass is 212 g/mol. The molecule has 0 radical (unpaired) electrons. The zero-order valence-electron chi connectivity index (χ0n) is 7.80. The van der Waals surface area contributed by atoms with Gasteiger partial charge >= 0.3 is 5.97 Å². The molecule has 0 aromatic carbocycles. The number of halogens is 1. The highest BCUT2D eigenvalue weighted by molar-refractivity contribution is 5.84. The fourth-order valence-corrected chi connectivity index (χ4v) is 1.00. The van der Waals surface area contributed by atoms with Crippen LogP contribution in [-0.2, 0) is 6.54 Å². The Balaban J connectivity index is 2.50. The molecule has 0 amide bonds. The zero-order chi connectivity index (χ0) is 11.3. The summed E-state index contributed by atoms with van der Waals surface area (Å²) in [4.78, 5) is 10.4. The van der Waals surface area contributed by atoms with Crippen LogP contribution < -0.4 is 0 Å². The van der Waals surface area contributed by atoms with Crippen molar-refractivity contribution in [3.05, 3.63) is 11.9 Å². The minimum atomic E-state index is -1.21. The van der Waals surface area contributed by atoms with Crippen LogP contribution in [0.1, 0.15) is 23.3 Å². The minimum Gasteiger partial charge on any atom is -0.476 e. The summed E-state index contributed by atoms with van der Waals surface area (Å²) < 4.78 is 14.2. The third kappa shape index (κ3) is 3.34. The van der Waals surface area contributed by atoms with E-state index in [1.807, 2.05) is 6.07 Å². The number of alkyl halides is 1. The lowest BCUT2D eigenvalue weighted by atomic mass is 10.2. The van der Waals surface area contributed by atoms with Crippen LogP contribution in [0.3, 0.4) is 0 Å². The molecule has 0 aliphatic heterocycles.